The Morgan fingerprint density at radius 1 is 1.20 bits per heavy atom. The van der Waals surface area contributed by atoms with E-state index in [0.717, 1.165) is 23.7 Å². The maximum atomic E-state index is 13.9. The number of nitrogens with zero attached hydrogens (tertiary/aromatic N) is 3. The predicted molar refractivity (Wildman–Crippen MR) is 110 cm³/mol. The Labute approximate surface area is 172 Å². The molecular weight excluding hydrogens is 383 g/mol. The van der Waals surface area contributed by atoms with Gasteiger partial charge in [-0.3, -0.25) is 9.89 Å². The number of para-hydroxylation sites is 1. The van der Waals surface area contributed by atoms with E-state index in [1.807, 2.05) is 29.2 Å². The molecule has 2 aromatic carbocycles. The standard InChI is InChI=1S/C23H21FN4O2/c24-19-9-3-1-6-15(19)12-17-13-25-22(30-17)16-7-5-11-28(14-16)23(29)21-18-8-2-4-10-20(18)26-27-21/h1-4,6,8-10,13,16H,5,7,11-12,14H2,(H,26,27)/t16-/m1/s1. The first-order valence-corrected chi connectivity index (χ1v) is 10.1. The number of hydrogen-bond donors (Lipinski definition) is 1. The van der Waals surface area contributed by atoms with E-state index in [1.165, 1.54) is 6.07 Å². The number of nitrogens with one attached hydrogen (secondary N) is 1. The van der Waals surface area contributed by atoms with Gasteiger partial charge in [-0.05, 0) is 30.5 Å². The summed E-state index contributed by atoms with van der Waals surface area (Å²) in [6.07, 6.45) is 3.77. The number of likely N-dealkylation sites (tertiary alicyclic amines) is 1. The molecule has 2 aromatic heterocycles. The minimum atomic E-state index is -0.254. The second kappa shape index (κ2) is 7.74. The smallest absolute Gasteiger partial charge is 0.275 e. The number of amides is 1. The summed E-state index contributed by atoms with van der Waals surface area (Å²) in [6, 6.07) is 14.3. The Kier molecular flexibility index (Phi) is 4.78. The van der Waals surface area contributed by atoms with Crippen LogP contribution in [0.25, 0.3) is 10.9 Å². The second-order valence-electron chi connectivity index (χ2n) is 7.64. The zero-order chi connectivity index (χ0) is 20.5. The molecule has 0 saturated carbocycles. The van der Waals surface area contributed by atoms with Gasteiger partial charge in [0.25, 0.3) is 5.91 Å². The summed E-state index contributed by atoms with van der Waals surface area (Å²) in [6.45, 7) is 1.21. The molecule has 0 unspecified atom stereocenters. The number of carbonyl (C=O) groups is 1. The molecule has 1 amide bonds. The van der Waals surface area contributed by atoms with Crippen molar-refractivity contribution in [3.8, 4) is 0 Å². The number of rotatable bonds is 4. The fraction of sp³-hybridized carbons (Fsp3) is 0.261. The van der Waals surface area contributed by atoms with Crippen LogP contribution in [-0.4, -0.2) is 39.1 Å². The second-order valence-corrected chi connectivity index (χ2v) is 7.64. The maximum Gasteiger partial charge on any atom is 0.275 e. The molecule has 0 spiro atoms. The van der Waals surface area contributed by atoms with Gasteiger partial charge in [0.15, 0.2) is 11.6 Å². The number of H-pyrrole nitrogens is 1. The number of halogens is 1. The van der Waals surface area contributed by atoms with Crippen LogP contribution in [0.5, 0.6) is 0 Å². The van der Waals surface area contributed by atoms with Gasteiger partial charge >= 0.3 is 0 Å². The molecule has 30 heavy (non-hydrogen) atoms. The number of carbonyl (C=O) groups excluding carboxylic acids is 1. The van der Waals surface area contributed by atoms with Crippen LogP contribution in [0.4, 0.5) is 4.39 Å². The number of oxazole rings is 1. The average molecular weight is 404 g/mol. The Hall–Kier alpha value is -3.48. The number of fused-ring (bicyclic) bond motifs is 1. The summed E-state index contributed by atoms with van der Waals surface area (Å²) >= 11 is 0. The Morgan fingerprint density at radius 3 is 2.93 bits per heavy atom. The maximum absolute atomic E-state index is 13.9. The number of piperidine rings is 1. The van der Waals surface area contributed by atoms with Crippen molar-refractivity contribution in [3.05, 3.63) is 83.5 Å². The number of aromatic amines is 1. The molecule has 5 rings (SSSR count). The van der Waals surface area contributed by atoms with Crippen LogP contribution in [0.2, 0.25) is 0 Å². The summed E-state index contributed by atoms with van der Waals surface area (Å²) < 4.78 is 19.8. The summed E-state index contributed by atoms with van der Waals surface area (Å²) in [5, 5.41) is 7.99. The minimum absolute atomic E-state index is 0.0160. The summed E-state index contributed by atoms with van der Waals surface area (Å²) in [5.41, 5.74) is 1.87. The SMILES string of the molecule is O=C(c1n[nH]c2ccccc12)N1CCC[C@@H](c2ncc(Cc3ccccc3F)o2)C1. The predicted octanol–water partition coefficient (Wildman–Crippen LogP) is 4.30. The summed E-state index contributed by atoms with van der Waals surface area (Å²) in [4.78, 5) is 19.3. The molecule has 1 N–H and O–H groups in total. The van der Waals surface area contributed by atoms with E-state index in [9.17, 15) is 9.18 Å². The Balaban J connectivity index is 1.32. The fourth-order valence-electron chi connectivity index (χ4n) is 4.06. The molecule has 0 radical (unpaired) electrons. The lowest BCUT2D eigenvalue weighted by Crippen LogP contribution is -2.39. The van der Waals surface area contributed by atoms with Gasteiger partial charge in [-0.2, -0.15) is 5.10 Å². The Morgan fingerprint density at radius 2 is 2.03 bits per heavy atom. The zero-order valence-electron chi connectivity index (χ0n) is 16.3. The first kappa shape index (κ1) is 18.5. The van der Waals surface area contributed by atoms with E-state index in [1.54, 1.807) is 24.4 Å². The third-order valence-corrected chi connectivity index (χ3v) is 5.62. The van der Waals surface area contributed by atoms with Gasteiger partial charge in [-0.25, -0.2) is 9.37 Å². The molecule has 6 nitrogen and oxygen atoms in total. The van der Waals surface area contributed by atoms with E-state index in [-0.39, 0.29) is 17.6 Å². The highest BCUT2D eigenvalue weighted by atomic mass is 19.1. The highest BCUT2D eigenvalue weighted by molar-refractivity contribution is 6.04. The van der Waals surface area contributed by atoms with Crippen molar-refractivity contribution < 1.29 is 13.6 Å². The summed E-state index contributed by atoms with van der Waals surface area (Å²) in [7, 11) is 0. The van der Waals surface area contributed by atoms with Crippen molar-refractivity contribution in [2.45, 2.75) is 25.2 Å². The van der Waals surface area contributed by atoms with E-state index >= 15 is 0 Å². The normalized spacial score (nSPS) is 16.8. The molecule has 1 saturated heterocycles. The van der Waals surface area contributed by atoms with Gasteiger partial charge in [0, 0.05) is 24.9 Å². The van der Waals surface area contributed by atoms with E-state index in [2.05, 4.69) is 15.2 Å². The molecule has 3 heterocycles. The Bertz CT molecular complexity index is 1200. The molecular formula is C23H21FN4O2. The quantitative estimate of drug-likeness (QED) is 0.550. The van der Waals surface area contributed by atoms with Crippen molar-refractivity contribution in [2.75, 3.05) is 13.1 Å². The molecule has 152 valence electrons. The van der Waals surface area contributed by atoms with Crippen molar-refractivity contribution >= 4 is 16.8 Å². The van der Waals surface area contributed by atoms with Gasteiger partial charge in [-0.1, -0.05) is 36.4 Å². The van der Waals surface area contributed by atoms with Gasteiger partial charge < -0.3 is 9.32 Å². The lowest BCUT2D eigenvalue weighted by atomic mass is 9.97. The van der Waals surface area contributed by atoms with Crippen molar-refractivity contribution in [1.29, 1.82) is 0 Å². The largest absolute Gasteiger partial charge is 0.445 e. The van der Waals surface area contributed by atoms with Crippen molar-refractivity contribution in [2.24, 2.45) is 0 Å². The molecule has 1 fully saturated rings. The molecule has 1 atom stereocenters. The molecule has 0 bridgehead atoms. The van der Waals surface area contributed by atoms with E-state index in [4.69, 9.17) is 4.42 Å². The van der Waals surface area contributed by atoms with Crippen molar-refractivity contribution in [1.82, 2.24) is 20.1 Å². The van der Waals surface area contributed by atoms with E-state index in [0.29, 0.717) is 42.4 Å². The van der Waals surface area contributed by atoms with Gasteiger partial charge in [0.05, 0.1) is 17.6 Å². The lowest BCUT2D eigenvalue weighted by Gasteiger charge is -2.30. The monoisotopic (exact) mass is 404 g/mol. The van der Waals surface area contributed by atoms with Crippen LogP contribution in [0.3, 0.4) is 0 Å². The van der Waals surface area contributed by atoms with Crippen LogP contribution in [0.15, 0.2) is 59.1 Å². The van der Waals surface area contributed by atoms with Crippen LogP contribution >= 0.6 is 0 Å². The molecule has 1 aliphatic rings. The van der Waals surface area contributed by atoms with Crippen LogP contribution in [-0.2, 0) is 6.42 Å². The number of aromatic nitrogens is 3. The minimum Gasteiger partial charge on any atom is -0.445 e. The fourth-order valence-corrected chi connectivity index (χ4v) is 4.06. The topological polar surface area (TPSA) is 75.0 Å². The molecule has 7 heteroatoms. The third kappa shape index (κ3) is 3.47. The van der Waals surface area contributed by atoms with Crippen LogP contribution in [0, 0.1) is 5.82 Å². The lowest BCUT2D eigenvalue weighted by molar-refractivity contribution is 0.0694. The third-order valence-electron chi connectivity index (χ3n) is 5.62. The van der Waals surface area contributed by atoms with Crippen LogP contribution < -0.4 is 0 Å². The first-order chi connectivity index (χ1) is 14.7. The van der Waals surface area contributed by atoms with Gasteiger partial charge in [0.2, 0.25) is 0 Å². The first-order valence-electron chi connectivity index (χ1n) is 10.1. The van der Waals surface area contributed by atoms with Crippen LogP contribution in [0.1, 0.15) is 46.5 Å². The summed E-state index contributed by atoms with van der Waals surface area (Å²) in [5.74, 6) is 0.899. The number of benzene rings is 2. The van der Waals surface area contributed by atoms with Gasteiger partial charge in [-0.15, -0.1) is 0 Å². The molecule has 4 aromatic rings. The number of hydrogen-bond acceptors (Lipinski definition) is 4. The van der Waals surface area contributed by atoms with E-state index < -0.39 is 0 Å². The zero-order valence-corrected chi connectivity index (χ0v) is 16.3. The van der Waals surface area contributed by atoms with Crippen molar-refractivity contribution in [3.63, 3.8) is 0 Å². The molecule has 0 aliphatic carbocycles. The highest BCUT2D eigenvalue weighted by Crippen LogP contribution is 2.29. The highest BCUT2D eigenvalue weighted by Gasteiger charge is 2.30. The van der Waals surface area contributed by atoms with Gasteiger partial charge in [0.1, 0.15) is 11.6 Å². The molecule has 1 aliphatic heterocycles. The average Bonchev–Trinajstić information content (AvgIpc) is 3.42.